The highest BCUT2D eigenvalue weighted by Crippen LogP contribution is 2.21. The Morgan fingerprint density at radius 2 is 1.96 bits per heavy atom. The fourth-order valence-corrected chi connectivity index (χ4v) is 3.08. The summed E-state index contributed by atoms with van der Waals surface area (Å²) in [4.78, 5) is 35.3. The summed E-state index contributed by atoms with van der Waals surface area (Å²) < 4.78 is 5.40. The second-order valence-corrected chi connectivity index (χ2v) is 6.79. The van der Waals surface area contributed by atoms with Crippen LogP contribution in [0, 0.1) is 11.8 Å². The Morgan fingerprint density at radius 3 is 2.70 bits per heavy atom. The fraction of sp³-hybridized carbons (Fsp3) is 0.333. The van der Waals surface area contributed by atoms with Crippen molar-refractivity contribution >= 4 is 23.4 Å². The van der Waals surface area contributed by atoms with Gasteiger partial charge in [0.05, 0.1) is 19.4 Å². The van der Waals surface area contributed by atoms with E-state index in [0.29, 0.717) is 23.8 Å². The van der Waals surface area contributed by atoms with Crippen LogP contribution in [0.3, 0.4) is 0 Å². The maximum absolute atomic E-state index is 12.8. The lowest BCUT2D eigenvalue weighted by atomic mass is 9.96. The number of amidine groups is 1. The topological polar surface area (TPSA) is 71.3 Å². The van der Waals surface area contributed by atoms with E-state index in [1.807, 2.05) is 56.3 Å². The minimum atomic E-state index is -0.415. The standard InChI is InChI=1S/C21H23N3O3/c1-14(2)21(26)24(12-15-8-4-7-11-18(15)27-3)13-19-22-17-10-6-5-9-16(17)20(25)23-19/h4-11,14,16H,12-13H2,1-3H3. The largest absolute Gasteiger partial charge is 0.496 e. The Hall–Kier alpha value is -3.02. The highest BCUT2D eigenvalue weighted by Gasteiger charge is 2.28. The lowest BCUT2D eigenvalue weighted by molar-refractivity contribution is -0.134. The Kier molecular flexibility index (Phi) is 5.64. The zero-order valence-electron chi connectivity index (χ0n) is 15.8. The van der Waals surface area contributed by atoms with Crippen LogP contribution < -0.4 is 4.74 Å². The van der Waals surface area contributed by atoms with Gasteiger partial charge < -0.3 is 9.64 Å². The van der Waals surface area contributed by atoms with Crippen molar-refractivity contribution in [3.63, 3.8) is 0 Å². The summed E-state index contributed by atoms with van der Waals surface area (Å²) in [5.41, 5.74) is 1.56. The molecule has 0 fully saturated rings. The molecule has 1 aromatic rings. The quantitative estimate of drug-likeness (QED) is 0.778. The third kappa shape index (κ3) is 4.22. The minimum Gasteiger partial charge on any atom is -0.496 e. The van der Waals surface area contributed by atoms with Crippen LogP contribution >= 0.6 is 0 Å². The monoisotopic (exact) mass is 365 g/mol. The molecule has 2 amide bonds. The average Bonchev–Trinajstić information content (AvgIpc) is 2.67. The van der Waals surface area contributed by atoms with Crippen LogP contribution in [0.15, 0.2) is 58.6 Å². The van der Waals surface area contributed by atoms with Crippen molar-refractivity contribution in [2.45, 2.75) is 20.4 Å². The number of amides is 2. The lowest BCUT2D eigenvalue weighted by Crippen LogP contribution is -2.39. The molecule has 0 bridgehead atoms. The van der Waals surface area contributed by atoms with Gasteiger partial charge in [-0.05, 0) is 12.1 Å². The van der Waals surface area contributed by atoms with Crippen LogP contribution in [-0.2, 0) is 16.1 Å². The Labute approximate surface area is 159 Å². The summed E-state index contributed by atoms with van der Waals surface area (Å²) in [5.74, 6) is 0.199. The van der Waals surface area contributed by atoms with Gasteiger partial charge in [0.25, 0.3) is 5.91 Å². The first-order valence-electron chi connectivity index (χ1n) is 8.95. The van der Waals surface area contributed by atoms with Gasteiger partial charge in [0.2, 0.25) is 5.91 Å². The average molecular weight is 365 g/mol. The maximum Gasteiger partial charge on any atom is 0.260 e. The molecule has 1 aromatic carbocycles. The molecule has 0 saturated carbocycles. The first-order chi connectivity index (χ1) is 13.0. The van der Waals surface area contributed by atoms with Gasteiger partial charge in [-0.25, -0.2) is 4.99 Å². The summed E-state index contributed by atoms with van der Waals surface area (Å²) in [7, 11) is 1.60. The number of ether oxygens (including phenoxy) is 1. The van der Waals surface area contributed by atoms with E-state index in [1.165, 1.54) is 0 Å². The van der Waals surface area contributed by atoms with E-state index in [4.69, 9.17) is 4.74 Å². The van der Waals surface area contributed by atoms with Gasteiger partial charge in [-0.2, -0.15) is 4.99 Å². The predicted molar refractivity (Wildman–Crippen MR) is 105 cm³/mol. The third-order valence-corrected chi connectivity index (χ3v) is 4.46. The molecule has 0 spiro atoms. The summed E-state index contributed by atoms with van der Waals surface area (Å²) in [5, 5.41) is 0. The third-order valence-electron chi connectivity index (χ3n) is 4.46. The number of carbonyl (C=O) groups is 2. The van der Waals surface area contributed by atoms with E-state index < -0.39 is 5.92 Å². The lowest BCUT2D eigenvalue weighted by Gasteiger charge is -2.26. The summed E-state index contributed by atoms with van der Waals surface area (Å²) in [6, 6.07) is 7.57. The van der Waals surface area contributed by atoms with Gasteiger partial charge in [-0.15, -0.1) is 0 Å². The summed E-state index contributed by atoms with van der Waals surface area (Å²) in [6.07, 6.45) is 7.26. The van der Waals surface area contributed by atoms with E-state index >= 15 is 0 Å². The van der Waals surface area contributed by atoms with Gasteiger partial charge in [0.1, 0.15) is 11.7 Å². The van der Waals surface area contributed by atoms with E-state index in [-0.39, 0.29) is 24.3 Å². The van der Waals surface area contributed by atoms with Crippen molar-refractivity contribution < 1.29 is 14.3 Å². The second kappa shape index (κ2) is 8.12. The molecule has 1 aliphatic carbocycles. The highest BCUT2D eigenvalue weighted by atomic mass is 16.5. The number of methoxy groups -OCH3 is 1. The van der Waals surface area contributed by atoms with Crippen molar-refractivity contribution in [3.8, 4) is 5.75 Å². The molecular formula is C21H23N3O3. The molecule has 0 N–H and O–H groups in total. The van der Waals surface area contributed by atoms with Gasteiger partial charge >= 0.3 is 0 Å². The summed E-state index contributed by atoms with van der Waals surface area (Å²) >= 11 is 0. The first-order valence-corrected chi connectivity index (χ1v) is 8.95. The number of fused-ring (bicyclic) bond motifs is 1. The van der Waals surface area contributed by atoms with Gasteiger partial charge in [-0.3, -0.25) is 9.59 Å². The van der Waals surface area contributed by atoms with E-state index in [1.54, 1.807) is 18.1 Å². The van der Waals surface area contributed by atoms with Gasteiger partial charge in [0.15, 0.2) is 5.84 Å². The molecule has 6 nitrogen and oxygen atoms in total. The summed E-state index contributed by atoms with van der Waals surface area (Å²) in [6.45, 7) is 4.23. The van der Waals surface area contributed by atoms with Crippen LogP contribution in [0.1, 0.15) is 19.4 Å². The Morgan fingerprint density at radius 1 is 1.19 bits per heavy atom. The molecule has 1 heterocycles. The van der Waals surface area contributed by atoms with Gasteiger partial charge in [-0.1, -0.05) is 50.3 Å². The van der Waals surface area contributed by atoms with E-state index in [0.717, 1.165) is 5.56 Å². The number of allylic oxidation sites excluding steroid dienone is 3. The van der Waals surface area contributed by atoms with Crippen LogP contribution in [0.5, 0.6) is 5.75 Å². The first kappa shape index (κ1) is 18.8. The molecule has 27 heavy (non-hydrogen) atoms. The maximum atomic E-state index is 12.8. The number of nitrogens with zero attached hydrogens (tertiary/aromatic N) is 3. The smallest absolute Gasteiger partial charge is 0.260 e. The molecule has 0 saturated heterocycles. The Bertz CT molecular complexity index is 865. The van der Waals surface area contributed by atoms with E-state index in [2.05, 4.69) is 9.98 Å². The fourth-order valence-electron chi connectivity index (χ4n) is 3.08. The molecule has 0 aromatic heterocycles. The predicted octanol–water partition coefficient (Wildman–Crippen LogP) is 2.80. The van der Waals surface area contributed by atoms with Crippen molar-refractivity contribution in [1.29, 1.82) is 0 Å². The number of rotatable bonds is 6. The zero-order valence-corrected chi connectivity index (χ0v) is 15.8. The molecule has 2 aliphatic rings. The molecule has 140 valence electrons. The van der Waals surface area contributed by atoms with Crippen molar-refractivity contribution in [1.82, 2.24) is 4.90 Å². The Balaban J connectivity index is 1.85. The van der Waals surface area contributed by atoms with Crippen LogP contribution in [-0.4, -0.2) is 41.9 Å². The highest BCUT2D eigenvalue weighted by molar-refractivity contribution is 6.21. The number of para-hydroxylation sites is 1. The molecular weight excluding hydrogens is 342 g/mol. The normalized spacial score (nSPS) is 18.1. The number of benzene rings is 1. The molecule has 0 radical (unpaired) electrons. The number of hydrogen-bond donors (Lipinski definition) is 0. The van der Waals surface area contributed by atoms with E-state index in [9.17, 15) is 9.59 Å². The van der Waals surface area contributed by atoms with Crippen LogP contribution in [0.25, 0.3) is 0 Å². The number of aliphatic imine (C=N–C) groups is 2. The van der Waals surface area contributed by atoms with Crippen LogP contribution in [0.2, 0.25) is 0 Å². The molecule has 6 heteroatoms. The van der Waals surface area contributed by atoms with Crippen molar-refractivity contribution in [2.75, 3.05) is 13.7 Å². The number of carbonyl (C=O) groups excluding carboxylic acids is 2. The zero-order chi connectivity index (χ0) is 19.4. The molecule has 1 atom stereocenters. The second-order valence-electron chi connectivity index (χ2n) is 6.79. The van der Waals surface area contributed by atoms with Crippen molar-refractivity contribution in [3.05, 3.63) is 54.1 Å². The molecule has 3 rings (SSSR count). The van der Waals surface area contributed by atoms with Gasteiger partial charge in [0, 0.05) is 18.0 Å². The van der Waals surface area contributed by atoms with Crippen molar-refractivity contribution in [2.24, 2.45) is 21.8 Å². The van der Waals surface area contributed by atoms with Crippen LogP contribution in [0.4, 0.5) is 0 Å². The number of hydrogen-bond acceptors (Lipinski definition) is 4. The minimum absolute atomic E-state index is 0.0301. The molecule has 1 aliphatic heterocycles. The SMILES string of the molecule is COc1ccccc1CN(CC1=NC(=O)C2C=CC=CC2=N1)C(=O)C(C)C. The molecule has 1 unspecified atom stereocenters.